The molecule has 68 heavy (non-hydrogen) atoms. The number of carbonyl (C=O) groups excluding carboxylic acids is 3. The van der Waals surface area contributed by atoms with Crippen molar-refractivity contribution in [2.45, 2.75) is 127 Å². The Labute approximate surface area is 386 Å². The fourth-order valence-electron chi connectivity index (χ4n) is 6.50. The number of aromatic nitrogens is 2. The van der Waals surface area contributed by atoms with Crippen LogP contribution in [0.1, 0.15) is 84.0 Å². The monoisotopic (exact) mass is 1060 g/mol. The predicted octanol–water partition coefficient (Wildman–Crippen LogP) is 0.231. The van der Waals surface area contributed by atoms with Gasteiger partial charge in [-0.2, -0.15) is 10.1 Å². The number of aromatic amines is 1. The standard InChI is InChI=1S/C33H56N5O26P4/c1-2-3-6-13-25(41)59-20(19-58-68(55,56)63-30-28(42)31(60-65(46,47)48)33(62-67(52,53)54)32(29(30)43)61-66(49,50)51)18-57-24(40)12-8-5-10-17-35-23(39)11-7-4-9-16-34-21-14-15-22(38(44)45)27-26(21)36-64-37-27/h14-15,20,28-33,36,42-43H,2-13,16-19H2,1H3,(H9-,34,35,37,39,44,45,46,47,48,49,50,51,52,53,54,55,56)/q-1/t20-,28+,29+,30?,31-,32+,33?/m1/s1. The summed E-state index contributed by atoms with van der Waals surface area (Å²) in [4.78, 5) is 103. The number of aliphatic hydroxyl groups is 2. The Morgan fingerprint density at radius 3 is 1.88 bits per heavy atom. The van der Waals surface area contributed by atoms with Gasteiger partial charge in [-0.1, -0.05) is 32.6 Å². The number of phosphoric acid groups is 4. The van der Waals surface area contributed by atoms with Crippen LogP contribution in [0.25, 0.3) is 11.4 Å². The van der Waals surface area contributed by atoms with Crippen LogP contribution >= 0.6 is 31.3 Å². The van der Waals surface area contributed by atoms with Crippen LogP contribution in [-0.2, 0) is 64.7 Å². The van der Waals surface area contributed by atoms with Gasteiger partial charge in [0.05, 0.1) is 12.3 Å². The molecule has 12 N–H and O–H groups in total. The first-order valence-corrected chi connectivity index (χ1v) is 26.8. The highest BCUT2D eigenvalue weighted by Crippen LogP contribution is 2.53. The topological polar surface area (TPSA) is 481 Å². The number of nitrogens with one attached hydrogen (secondary N) is 3. The summed E-state index contributed by atoms with van der Waals surface area (Å²) in [6.07, 6.45) is -13.2. The van der Waals surface area contributed by atoms with Gasteiger partial charge in [0.1, 0.15) is 48.9 Å². The van der Waals surface area contributed by atoms with Crippen molar-refractivity contribution in [2.24, 2.45) is 0 Å². The summed E-state index contributed by atoms with van der Waals surface area (Å²) < 4.78 is 85.8. The van der Waals surface area contributed by atoms with Crippen LogP contribution in [-0.4, -0.2) is 142 Å². The fraction of sp³-hybridized carbons (Fsp3) is 0.727. The Balaban J connectivity index is 1.47. The number of unbranched alkanes of at least 4 members (excludes halogenated alkanes) is 6. The molecule has 0 aromatic heterocycles. The quantitative estimate of drug-likeness (QED) is 0.0208. The van der Waals surface area contributed by atoms with Crippen LogP contribution in [0.4, 0.5) is 5.69 Å². The lowest BCUT2D eigenvalue weighted by molar-refractivity contribution is -0.209. The molecule has 1 amide bonds. The van der Waals surface area contributed by atoms with Gasteiger partial charge >= 0.3 is 43.2 Å². The predicted molar refractivity (Wildman–Crippen MR) is 226 cm³/mol. The summed E-state index contributed by atoms with van der Waals surface area (Å²) in [6, 6.07) is 2.86. The summed E-state index contributed by atoms with van der Waals surface area (Å²) in [5.74, 6) is -1.80. The molecular weight excluding hydrogens is 1010 g/mol. The average molecular weight is 1060 g/mol. The highest BCUT2D eigenvalue weighted by atomic mass is 31.2. The number of hydrogen-bond acceptors (Lipinski definition) is 21. The van der Waals surface area contributed by atoms with Crippen molar-refractivity contribution in [3.63, 3.8) is 0 Å². The number of benzene rings is 1. The second-order valence-electron chi connectivity index (χ2n) is 15.0. The van der Waals surface area contributed by atoms with Gasteiger partial charge in [-0.3, -0.25) is 41.6 Å². The van der Waals surface area contributed by atoms with E-state index in [1.54, 1.807) is 0 Å². The first-order valence-electron chi connectivity index (χ1n) is 20.7. The van der Waals surface area contributed by atoms with Crippen molar-refractivity contribution in [3.05, 3.63) is 27.9 Å². The molecule has 0 aromatic carbocycles. The van der Waals surface area contributed by atoms with Crippen LogP contribution in [0, 0.1) is 10.4 Å². The number of anilines is 1. The third kappa shape index (κ3) is 21.3. The molecule has 0 radical (unpaired) electrons. The molecule has 0 saturated heterocycles. The van der Waals surface area contributed by atoms with Gasteiger partial charge in [-0.15, -0.1) is 0 Å². The second kappa shape index (κ2) is 27.3. The van der Waals surface area contributed by atoms with E-state index in [-0.39, 0.29) is 36.2 Å². The number of fused-ring (bicyclic) bond motifs is 1. The van der Waals surface area contributed by atoms with Crippen molar-refractivity contribution in [2.75, 3.05) is 31.6 Å². The average Bonchev–Trinajstić information content (AvgIpc) is 3.72. The SMILES string of the molecule is CCCCCC(=O)O[C@H](COC(=O)CCCCCNC(=O)CCCCCNc1ccc(=[N+]([O-])[O-])c2no[nH]c1-2)COP(=O)(O)OC1[C@H](O)[C@H](OP(=O)(O)O)C(OP(=O)(O)O)[C@H](OP(=O)(O)O)[C@H]1O. The molecule has 3 rings (SSSR count). The van der Waals surface area contributed by atoms with Crippen LogP contribution in [0.3, 0.4) is 0 Å². The molecule has 0 aromatic rings. The molecule has 0 bridgehead atoms. The van der Waals surface area contributed by atoms with E-state index in [1.165, 1.54) is 12.1 Å². The molecule has 2 aliphatic carbocycles. The first kappa shape index (κ1) is 58.9. The van der Waals surface area contributed by atoms with E-state index >= 15 is 0 Å². The Hall–Kier alpha value is -3.41. The molecule has 1 saturated carbocycles. The number of nitrogens with zero attached hydrogens (tertiary/aromatic N) is 2. The fourth-order valence-corrected chi connectivity index (χ4v) is 9.15. The number of phosphoric ester groups is 4. The number of rotatable bonds is 31. The third-order valence-electron chi connectivity index (χ3n) is 9.58. The maximum Gasteiger partial charge on any atom is 0.472 e. The van der Waals surface area contributed by atoms with Crippen molar-refractivity contribution >= 4 is 54.8 Å². The van der Waals surface area contributed by atoms with E-state index in [0.29, 0.717) is 75.8 Å². The molecule has 35 heteroatoms. The van der Waals surface area contributed by atoms with Crippen molar-refractivity contribution in [1.82, 2.24) is 20.5 Å². The maximum absolute atomic E-state index is 13.1. The lowest BCUT2D eigenvalue weighted by Crippen LogP contribution is -2.65. The third-order valence-corrected chi connectivity index (χ3v) is 12.1. The van der Waals surface area contributed by atoms with Crippen molar-refractivity contribution in [3.8, 4) is 11.4 Å². The smallest absolute Gasteiger partial charge is 0.472 e. The van der Waals surface area contributed by atoms with Crippen LogP contribution in [0.15, 0.2) is 16.8 Å². The Morgan fingerprint density at radius 2 is 1.29 bits per heavy atom. The molecule has 3 aliphatic rings. The lowest BCUT2D eigenvalue weighted by Gasteiger charge is -2.45. The summed E-state index contributed by atoms with van der Waals surface area (Å²) in [5.41, 5.74) is 1.01. The summed E-state index contributed by atoms with van der Waals surface area (Å²) in [5, 5.41) is 55.9. The van der Waals surface area contributed by atoms with Gasteiger partial charge in [-0.25, -0.2) is 18.3 Å². The van der Waals surface area contributed by atoms with Crippen LogP contribution in [0.2, 0.25) is 0 Å². The summed E-state index contributed by atoms with van der Waals surface area (Å²) >= 11 is 0. The molecule has 1 fully saturated rings. The Morgan fingerprint density at radius 1 is 0.735 bits per heavy atom. The number of hydrogen-bond donors (Lipinski definition) is 12. The van der Waals surface area contributed by atoms with E-state index in [9.17, 15) is 87.5 Å². The normalized spacial score (nSPS) is 21.4. The minimum atomic E-state index is -5.81. The zero-order valence-electron chi connectivity index (χ0n) is 36.2. The largest absolute Gasteiger partial charge is 0.612 e. The molecule has 31 nitrogen and oxygen atoms in total. The van der Waals surface area contributed by atoms with Gasteiger partial charge in [0.25, 0.3) is 5.36 Å². The van der Waals surface area contributed by atoms with Crippen molar-refractivity contribution in [1.29, 1.82) is 0 Å². The molecule has 8 atom stereocenters. The number of aliphatic hydroxyl groups excluding tert-OH is 2. The minimum Gasteiger partial charge on any atom is -0.612 e. The number of ether oxygens (including phenoxy) is 2. The maximum atomic E-state index is 13.1. The van der Waals surface area contributed by atoms with Gasteiger partial charge in [-0.05, 0) is 43.3 Å². The molecule has 1 aliphatic heterocycles. The first-order chi connectivity index (χ1) is 31.7. The Kier molecular flexibility index (Phi) is 23.6. The van der Waals surface area contributed by atoms with Gasteiger partial charge in [0.15, 0.2) is 6.10 Å². The van der Waals surface area contributed by atoms with Gasteiger partial charge in [0, 0.05) is 38.4 Å². The Bertz CT molecular complexity index is 2120. The number of H-pyrrole nitrogens is 1. The van der Waals surface area contributed by atoms with E-state index in [1.807, 2.05) is 6.92 Å². The zero-order chi connectivity index (χ0) is 50.9. The van der Waals surface area contributed by atoms with Gasteiger partial charge < -0.3 is 75.0 Å². The highest BCUT2D eigenvalue weighted by molar-refractivity contribution is 7.47. The number of esters is 2. The second-order valence-corrected chi connectivity index (χ2v) is 20.0. The molecule has 1 heterocycles. The summed E-state index contributed by atoms with van der Waals surface area (Å²) in [7, 11) is -23.1. The molecular formula is C33H56N5O26P4-. The van der Waals surface area contributed by atoms with E-state index in [0.717, 1.165) is 6.42 Å². The van der Waals surface area contributed by atoms with Crippen molar-refractivity contribution < 1.29 is 114 Å². The molecule has 3 unspecified atom stereocenters. The van der Waals surface area contributed by atoms with E-state index in [4.69, 9.17) is 23.2 Å². The van der Waals surface area contributed by atoms with Crippen LogP contribution < -0.4 is 20.9 Å². The lowest BCUT2D eigenvalue weighted by atomic mass is 9.85. The van der Waals surface area contributed by atoms with E-state index in [2.05, 4.69) is 34.5 Å². The van der Waals surface area contributed by atoms with Gasteiger partial charge in [0.2, 0.25) is 11.6 Å². The van der Waals surface area contributed by atoms with Crippen LogP contribution in [0.5, 0.6) is 0 Å². The molecule has 0 spiro atoms. The molecule has 390 valence electrons. The summed E-state index contributed by atoms with van der Waals surface area (Å²) in [6.45, 7) is 0.880. The number of carbonyl (C=O) groups is 3. The van der Waals surface area contributed by atoms with E-state index < -0.39 is 104 Å². The zero-order valence-corrected chi connectivity index (χ0v) is 39.7. The number of amides is 1. The highest BCUT2D eigenvalue weighted by Gasteiger charge is 2.59. The minimum absolute atomic E-state index is 0.0814.